The molecule has 0 saturated carbocycles. The minimum Gasteiger partial charge on any atom is -0.497 e. The Labute approximate surface area is 165 Å². The maximum absolute atomic E-state index is 5.30. The first-order chi connectivity index (χ1) is 13.7. The molecule has 1 aromatic carbocycles. The van der Waals surface area contributed by atoms with Gasteiger partial charge in [-0.1, -0.05) is 6.07 Å². The van der Waals surface area contributed by atoms with Gasteiger partial charge in [-0.3, -0.25) is 4.98 Å². The van der Waals surface area contributed by atoms with Crippen molar-refractivity contribution < 1.29 is 4.74 Å². The molecule has 1 N–H and O–H groups in total. The third kappa shape index (κ3) is 3.89. The molecule has 0 unspecified atom stereocenters. The Hall–Kier alpha value is -3.18. The summed E-state index contributed by atoms with van der Waals surface area (Å²) < 4.78 is 5.30. The Bertz CT molecular complexity index is 1040. The number of benzene rings is 1. The van der Waals surface area contributed by atoms with Crippen molar-refractivity contribution in [2.75, 3.05) is 20.7 Å². The predicted molar refractivity (Wildman–Crippen MR) is 112 cm³/mol. The lowest BCUT2D eigenvalue weighted by Crippen LogP contribution is -2.21. The van der Waals surface area contributed by atoms with Gasteiger partial charge in [0.2, 0.25) is 0 Å². The SMILES string of the molecule is COc1ccc(-c2[nH]c3ncccc3c2CN(C)CCc2ccccn2)cc1. The van der Waals surface area contributed by atoms with Crippen LogP contribution >= 0.6 is 0 Å². The molecule has 4 aromatic rings. The van der Waals surface area contributed by atoms with E-state index in [4.69, 9.17) is 4.74 Å². The summed E-state index contributed by atoms with van der Waals surface area (Å²) in [6.07, 6.45) is 4.60. The summed E-state index contributed by atoms with van der Waals surface area (Å²) in [4.78, 5) is 14.8. The smallest absolute Gasteiger partial charge is 0.138 e. The zero-order valence-corrected chi connectivity index (χ0v) is 16.2. The van der Waals surface area contributed by atoms with Gasteiger partial charge in [0.15, 0.2) is 0 Å². The molecule has 0 spiro atoms. The summed E-state index contributed by atoms with van der Waals surface area (Å²) in [6, 6.07) is 18.3. The quantitative estimate of drug-likeness (QED) is 0.525. The molecule has 3 heterocycles. The van der Waals surface area contributed by atoms with Crippen LogP contribution in [0.1, 0.15) is 11.3 Å². The normalized spacial score (nSPS) is 11.2. The van der Waals surface area contributed by atoms with Gasteiger partial charge in [0.25, 0.3) is 0 Å². The van der Waals surface area contributed by atoms with Gasteiger partial charge in [0, 0.05) is 48.5 Å². The highest BCUT2D eigenvalue weighted by Crippen LogP contribution is 2.31. The predicted octanol–water partition coefficient (Wildman–Crippen LogP) is 4.31. The number of aromatic amines is 1. The number of rotatable bonds is 7. The standard InChI is InChI=1S/C23H24N4O/c1-27(15-12-18-6-3-4-13-24-18)16-21-20-7-5-14-25-23(20)26-22(21)17-8-10-19(28-2)11-9-17/h3-11,13-14H,12,15-16H2,1-2H3,(H,25,26). The molecular formula is C23H24N4O. The minimum atomic E-state index is 0.833. The fourth-order valence-corrected chi connectivity index (χ4v) is 3.45. The number of H-pyrrole nitrogens is 1. The van der Waals surface area contributed by atoms with Crippen LogP contribution in [0.5, 0.6) is 5.75 Å². The zero-order chi connectivity index (χ0) is 19.3. The van der Waals surface area contributed by atoms with E-state index in [1.165, 1.54) is 5.56 Å². The molecule has 142 valence electrons. The van der Waals surface area contributed by atoms with Gasteiger partial charge < -0.3 is 14.6 Å². The lowest BCUT2D eigenvalue weighted by molar-refractivity contribution is 0.331. The lowest BCUT2D eigenvalue weighted by atomic mass is 10.1. The molecule has 0 atom stereocenters. The number of methoxy groups -OCH3 is 1. The second kappa shape index (κ2) is 8.23. The second-order valence-corrected chi connectivity index (χ2v) is 6.92. The van der Waals surface area contributed by atoms with Crippen LogP contribution in [0.15, 0.2) is 67.0 Å². The summed E-state index contributed by atoms with van der Waals surface area (Å²) in [5.41, 5.74) is 5.54. The number of pyridine rings is 2. The molecule has 5 nitrogen and oxygen atoms in total. The summed E-state index contributed by atoms with van der Waals surface area (Å²) in [6.45, 7) is 1.77. The van der Waals surface area contributed by atoms with E-state index in [0.717, 1.165) is 53.2 Å². The Balaban J connectivity index is 1.61. The number of ether oxygens (including phenoxy) is 1. The fourth-order valence-electron chi connectivity index (χ4n) is 3.45. The van der Waals surface area contributed by atoms with Gasteiger partial charge in [-0.25, -0.2) is 4.98 Å². The van der Waals surface area contributed by atoms with Gasteiger partial charge in [0.1, 0.15) is 11.4 Å². The van der Waals surface area contributed by atoms with Crippen molar-refractivity contribution in [1.82, 2.24) is 19.9 Å². The Morgan fingerprint density at radius 3 is 2.54 bits per heavy atom. The minimum absolute atomic E-state index is 0.833. The third-order valence-corrected chi connectivity index (χ3v) is 4.96. The van der Waals surface area contributed by atoms with Gasteiger partial charge in [-0.05, 0) is 61.1 Å². The molecule has 0 amide bonds. The maximum Gasteiger partial charge on any atom is 0.138 e. The van der Waals surface area contributed by atoms with Crippen molar-refractivity contribution in [1.29, 1.82) is 0 Å². The average Bonchev–Trinajstić information content (AvgIpc) is 3.11. The van der Waals surface area contributed by atoms with E-state index in [9.17, 15) is 0 Å². The van der Waals surface area contributed by atoms with E-state index in [1.54, 1.807) is 7.11 Å². The molecule has 0 aliphatic rings. The summed E-state index contributed by atoms with van der Waals surface area (Å²) in [7, 11) is 3.83. The van der Waals surface area contributed by atoms with Crippen LogP contribution in [-0.2, 0) is 13.0 Å². The van der Waals surface area contributed by atoms with E-state index in [0.29, 0.717) is 0 Å². The fraction of sp³-hybridized carbons (Fsp3) is 0.217. The highest BCUT2D eigenvalue weighted by Gasteiger charge is 2.15. The monoisotopic (exact) mass is 372 g/mol. The molecule has 0 saturated heterocycles. The van der Waals surface area contributed by atoms with Crippen molar-refractivity contribution >= 4 is 11.0 Å². The first kappa shape index (κ1) is 18.2. The summed E-state index contributed by atoms with van der Waals surface area (Å²) >= 11 is 0. The van der Waals surface area contributed by atoms with Gasteiger partial charge in [-0.2, -0.15) is 0 Å². The number of aromatic nitrogens is 3. The molecule has 4 rings (SSSR count). The van der Waals surface area contributed by atoms with Crippen molar-refractivity contribution in [2.24, 2.45) is 0 Å². The molecule has 3 aromatic heterocycles. The molecule has 0 aliphatic heterocycles. The number of nitrogens with zero attached hydrogens (tertiary/aromatic N) is 3. The molecule has 0 fully saturated rings. The molecule has 0 bridgehead atoms. The molecular weight excluding hydrogens is 348 g/mol. The van der Waals surface area contributed by atoms with Crippen molar-refractivity contribution in [3.8, 4) is 17.0 Å². The van der Waals surface area contributed by atoms with Crippen molar-refractivity contribution in [3.05, 3.63) is 78.2 Å². The van der Waals surface area contributed by atoms with Crippen LogP contribution < -0.4 is 4.74 Å². The number of fused-ring (bicyclic) bond motifs is 1. The van der Waals surface area contributed by atoms with E-state index >= 15 is 0 Å². The Morgan fingerprint density at radius 1 is 0.964 bits per heavy atom. The molecule has 0 radical (unpaired) electrons. The third-order valence-electron chi connectivity index (χ3n) is 4.96. The number of hydrogen-bond donors (Lipinski definition) is 1. The van der Waals surface area contributed by atoms with Crippen LogP contribution in [0, 0.1) is 0 Å². The molecule has 5 heteroatoms. The molecule has 0 aliphatic carbocycles. The maximum atomic E-state index is 5.30. The van der Waals surface area contributed by atoms with Gasteiger partial charge >= 0.3 is 0 Å². The van der Waals surface area contributed by atoms with E-state index < -0.39 is 0 Å². The first-order valence-corrected chi connectivity index (χ1v) is 9.43. The topological polar surface area (TPSA) is 54.0 Å². The Morgan fingerprint density at radius 2 is 1.79 bits per heavy atom. The van der Waals surface area contributed by atoms with Gasteiger partial charge in [-0.15, -0.1) is 0 Å². The number of nitrogens with one attached hydrogen (secondary N) is 1. The van der Waals surface area contributed by atoms with Crippen molar-refractivity contribution in [2.45, 2.75) is 13.0 Å². The van der Waals surface area contributed by atoms with E-state index in [2.05, 4.69) is 51.2 Å². The van der Waals surface area contributed by atoms with Crippen LogP contribution in [0.4, 0.5) is 0 Å². The van der Waals surface area contributed by atoms with Gasteiger partial charge in [0.05, 0.1) is 12.8 Å². The number of hydrogen-bond acceptors (Lipinski definition) is 4. The van der Waals surface area contributed by atoms with Crippen LogP contribution in [-0.4, -0.2) is 40.6 Å². The van der Waals surface area contributed by atoms with Crippen LogP contribution in [0.2, 0.25) is 0 Å². The first-order valence-electron chi connectivity index (χ1n) is 9.43. The zero-order valence-electron chi connectivity index (χ0n) is 16.2. The summed E-state index contributed by atoms with van der Waals surface area (Å²) in [5, 5.41) is 1.16. The highest BCUT2D eigenvalue weighted by molar-refractivity contribution is 5.88. The Kier molecular flexibility index (Phi) is 5.35. The van der Waals surface area contributed by atoms with E-state index in [-0.39, 0.29) is 0 Å². The van der Waals surface area contributed by atoms with Crippen LogP contribution in [0.25, 0.3) is 22.3 Å². The van der Waals surface area contributed by atoms with Crippen LogP contribution in [0.3, 0.4) is 0 Å². The summed E-state index contributed by atoms with van der Waals surface area (Å²) in [5.74, 6) is 0.854. The van der Waals surface area contributed by atoms with E-state index in [1.807, 2.05) is 42.7 Å². The second-order valence-electron chi connectivity index (χ2n) is 6.92. The lowest BCUT2D eigenvalue weighted by Gasteiger charge is -2.17. The largest absolute Gasteiger partial charge is 0.497 e. The highest BCUT2D eigenvalue weighted by atomic mass is 16.5. The average molecular weight is 372 g/mol. The molecule has 28 heavy (non-hydrogen) atoms. The number of likely N-dealkylation sites (N-methyl/N-ethyl adjacent to an activating group) is 1. The van der Waals surface area contributed by atoms with Crippen molar-refractivity contribution in [3.63, 3.8) is 0 Å².